The average molecular weight is 342 g/mol. The molecule has 0 aliphatic carbocycles. The number of hydrogen-bond acceptors (Lipinski definition) is 3. The van der Waals surface area contributed by atoms with E-state index in [4.69, 9.17) is 11.6 Å². The van der Waals surface area contributed by atoms with Crippen LogP contribution in [0.1, 0.15) is 18.5 Å². The molecule has 2 aromatic carbocycles. The Hall–Kier alpha value is -2.66. The molecule has 1 heterocycles. The third-order valence-electron chi connectivity index (χ3n) is 3.78. The van der Waals surface area contributed by atoms with Crippen LogP contribution in [-0.2, 0) is 11.3 Å². The largest absolute Gasteiger partial charge is 0.348 e. The minimum Gasteiger partial charge on any atom is -0.348 e. The molecule has 122 valence electrons. The first-order valence-electron chi connectivity index (χ1n) is 7.54. The number of rotatable bonds is 4. The fraction of sp³-hybridized carbons (Fsp3) is 0.167. The Kier molecular flexibility index (Phi) is 4.62. The number of benzene rings is 2. The van der Waals surface area contributed by atoms with Gasteiger partial charge < -0.3 is 5.32 Å². The van der Waals surface area contributed by atoms with Gasteiger partial charge in [-0.25, -0.2) is 0 Å². The summed E-state index contributed by atoms with van der Waals surface area (Å²) >= 11 is 5.98. The second-order valence-electron chi connectivity index (χ2n) is 5.53. The van der Waals surface area contributed by atoms with E-state index in [1.165, 1.54) is 10.9 Å². The summed E-state index contributed by atoms with van der Waals surface area (Å²) in [5, 5.41) is 8.15. The zero-order chi connectivity index (χ0) is 17.1. The SMILES string of the molecule is C[C@H](NC(=O)Cn1ncc(=O)c2ccccc21)c1cccc(Cl)c1. The lowest BCUT2D eigenvalue weighted by Gasteiger charge is -2.15. The molecule has 0 spiro atoms. The van der Waals surface area contributed by atoms with Crippen molar-refractivity contribution in [2.75, 3.05) is 0 Å². The predicted molar refractivity (Wildman–Crippen MR) is 94.0 cm³/mol. The van der Waals surface area contributed by atoms with Crippen LogP contribution in [0, 0.1) is 0 Å². The van der Waals surface area contributed by atoms with Crippen LogP contribution in [0.3, 0.4) is 0 Å². The van der Waals surface area contributed by atoms with Crippen molar-refractivity contribution in [1.29, 1.82) is 0 Å². The van der Waals surface area contributed by atoms with E-state index in [2.05, 4.69) is 10.4 Å². The zero-order valence-corrected chi connectivity index (χ0v) is 13.8. The summed E-state index contributed by atoms with van der Waals surface area (Å²) in [4.78, 5) is 24.1. The van der Waals surface area contributed by atoms with E-state index in [0.717, 1.165) is 5.56 Å². The van der Waals surface area contributed by atoms with E-state index >= 15 is 0 Å². The Balaban J connectivity index is 1.78. The van der Waals surface area contributed by atoms with Crippen molar-refractivity contribution in [2.24, 2.45) is 0 Å². The monoisotopic (exact) mass is 341 g/mol. The van der Waals surface area contributed by atoms with E-state index < -0.39 is 0 Å². The molecule has 0 bridgehead atoms. The molecule has 0 fully saturated rings. The standard InChI is InChI=1S/C18H16ClN3O2/c1-12(13-5-4-6-14(19)9-13)21-18(24)11-22-16-8-3-2-7-15(16)17(23)10-20-22/h2-10,12H,11H2,1H3,(H,21,24)/t12-/m0/s1. The number of nitrogens with one attached hydrogen (secondary N) is 1. The molecule has 0 unspecified atom stereocenters. The molecular weight excluding hydrogens is 326 g/mol. The molecule has 0 aliphatic heterocycles. The first-order valence-corrected chi connectivity index (χ1v) is 7.92. The van der Waals surface area contributed by atoms with Crippen molar-refractivity contribution in [3.8, 4) is 0 Å². The van der Waals surface area contributed by atoms with Crippen molar-refractivity contribution in [3.05, 3.63) is 75.5 Å². The Morgan fingerprint density at radius 2 is 2.04 bits per heavy atom. The summed E-state index contributed by atoms with van der Waals surface area (Å²) < 4.78 is 1.52. The third kappa shape index (κ3) is 3.46. The molecule has 5 nitrogen and oxygen atoms in total. The normalized spacial score (nSPS) is 12.1. The molecular formula is C18H16ClN3O2. The first kappa shape index (κ1) is 16.2. The minimum absolute atomic E-state index is 0.0334. The topological polar surface area (TPSA) is 64.0 Å². The van der Waals surface area contributed by atoms with Crippen molar-refractivity contribution < 1.29 is 4.79 Å². The molecule has 1 N–H and O–H groups in total. The van der Waals surface area contributed by atoms with Crippen molar-refractivity contribution in [3.63, 3.8) is 0 Å². The van der Waals surface area contributed by atoms with Gasteiger partial charge in [-0.2, -0.15) is 5.10 Å². The van der Waals surface area contributed by atoms with Crippen LogP contribution < -0.4 is 10.7 Å². The molecule has 1 aromatic heterocycles. The van der Waals surface area contributed by atoms with Gasteiger partial charge in [0.1, 0.15) is 6.54 Å². The van der Waals surface area contributed by atoms with Crippen LogP contribution in [0.4, 0.5) is 0 Å². The lowest BCUT2D eigenvalue weighted by atomic mass is 10.1. The zero-order valence-electron chi connectivity index (χ0n) is 13.1. The summed E-state index contributed by atoms with van der Waals surface area (Å²) in [6, 6.07) is 14.3. The number of hydrogen-bond donors (Lipinski definition) is 1. The van der Waals surface area contributed by atoms with Crippen LogP contribution in [0.5, 0.6) is 0 Å². The highest BCUT2D eigenvalue weighted by Gasteiger charge is 2.12. The van der Waals surface area contributed by atoms with Crippen LogP contribution in [0.25, 0.3) is 10.9 Å². The fourth-order valence-electron chi connectivity index (χ4n) is 2.57. The highest BCUT2D eigenvalue weighted by atomic mass is 35.5. The van der Waals surface area contributed by atoms with Crippen LogP contribution >= 0.6 is 11.6 Å². The number of halogens is 1. The molecule has 0 saturated heterocycles. The quantitative estimate of drug-likeness (QED) is 0.793. The van der Waals surface area contributed by atoms with Crippen LogP contribution in [0.2, 0.25) is 5.02 Å². The van der Waals surface area contributed by atoms with Crippen molar-refractivity contribution in [1.82, 2.24) is 15.1 Å². The van der Waals surface area contributed by atoms with Crippen LogP contribution in [-0.4, -0.2) is 15.7 Å². The molecule has 24 heavy (non-hydrogen) atoms. The number of fused-ring (bicyclic) bond motifs is 1. The van der Waals surface area contributed by atoms with Gasteiger partial charge in [-0.05, 0) is 36.8 Å². The van der Waals surface area contributed by atoms with Gasteiger partial charge in [0.2, 0.25) is 11.3 Å². The maximum atomic E-state index is 12.3. The Bertz CT molecular complexity index is 952. The summed E-state index contributed by atoms with van der Waals surface area (Å²) in [6.07, 6.45) is 1.23. The highest BCUT2D eigenvalue weighted by molar-refractivity contribution is 6.30. The van der Waals surface area contributed by atoms with E-state index in [1.54, 1.807) is 24.3 Å². The molecule has 1 atom stereocenters. The molecule has 1 amide bonds. The third-order valence-corrected chi connectivity index (χ3v) is 4.02. The predicted octanol–water partition coefficient (Wildman–Crippen LogP) is 2.93. The highest BCUT2D eigenvalue weighted by Crippen LogP contribution is 2.17. The Morgan fingerprint density at radius 3 is 2.83 bits per heavy atom. The molecule has 6 heteroatoms. The second-order valence-corrected chi connectivity index (χ2v) is 5.96. The second kappa shape index (κ2) is 6.84. The van der Waals surface area contributed by atoms with Gasteiger partial charge in [-0.15, -0.1) is 0 Å². The average Bonchev–Trinajstić information content (AvgIpc) is 2.57. The fourth-order valence-corrected chi connectivity index (χ4v) is 2.77. The van der Waals surface area contributed by atoms with Gasteiger partial charge in [0.05, 0.1) is 17.8 Å². The summed E-state index contributed by atoms with van der Waals surface area (Å²) in [5.74, 6) is -0.191. The van der Waals surface area contributed by atoms with Gasteiger partial charge in [0.25, 0.3) is 0 Å². The number of amides is 1. The number of nitrogens with zero attached hydrogens (tertiary/aromatic N) is 2. The first-order chi connectivity index (χ1) is 11.5. The summed E-state index contributed by atoms with van der Waals surface area (Å²) in [6.45, 7) is 1.92. The summed E-state index contributed by atoms with van der Waals surface area (Å²) in [5.41, 5.74) is 1.40. The van der Waals surface area contributed by atoms with E-state index in [1.807, 2.05) is 31.2 Å². The van der Waals surface area contributed by atoms with Crippen LogP contribution in [0.15, 0.2) is 59.5 Å². The van der Waals surface area contributed by atoms with E-state index in [0.29, 0.717) is 15.9 Å². The number of aromatic nitrogens is 2. The Morgan fingerprint density at radius 1 is 1.25 bits per heavy atom. The Labute approximate surface area is 143 Å². The smallest absolute Gasteiger partial charge is 0.242 e. The van der Waals surface area contributed by atoms with Gasteiger partial charge in [0, 0.05) is 10.4 Å². The van der Waals surface area contributed by atoms with E-state index in [-0.39, 0.29) is 23.9 Å². The van der Waals surface area contributed by atoms with Crippen molar-refractivity contribution >= 4 is 28.4 Å². The minimum atomic E-state index is -0.191. The molecule has 0 saturated carbocycles. The van der Waals surface area contributed by atoms with Gasteiger partial charge in [-0.3, -0.25) is 14.3 Å². The molecule has 3 rings (SSSR count). The molecule has 0 radical (unpaired) electrons. The van der Waals surface area contributed by atoms with Gasteiger partial charge in [0.15, 0.2) is 0 Å². The molecule has 0 aliphatic rings. The number of carbonyl (C=O) groups excluding carboxylic acids is 1. The lowest BCUT2D eigenvalue weighted by Crippen LogP contribution is -2.31. The van der Waals surface area contributed by atoms with Gasteiger partial charge >= 0.3 is 0 Å². The molecule has 3 aromatic rings. The number of para-hydroxylation sites is 1. The van der Waals surface area contributed by atoms with Crippen molar-refractivity contribution in [2.45, 2.75) is 19.5 Å². The maximum Gasteiger partial charge on any atom is 0.242 e. The number of carbonyl (C=O) groups is 1. The van der Waals surface area contributed by atoms with E-state index in [9.17, 15) is 9.59 Å². The lowest BCUT2D eigenvalue weighted by molar-refractivity contribution is -0.122. The maximum absolute atomic E-state index is 12.3. The summed E-state index contributed by atoms with van der Waals surface area (Å²) in [7, 11) is 0. The van der Waals surface area contributed by atoms with Gasteiger partial charge in [-0.1, -0.05) is 35.9 Å².